The van der Waals surface area contributed by atoms with Crippen molar-refractivity contribution in [1.29, 1.82) is 0 Å². The number of pyridine rings is 1. The Hall–Kier alpha value is -1.40. The largest absolute Gasteiger partial charge is 0.367 e. The van der Waals surface area contributed by atoms with Crippen LogP contribution in [0, 0.1) is 6.92 Å². The molecule has 0 bridgehead atoms. The first kappa shape index (κ1) is 16.1. The number of hydrogen-bond acceptors (Lipinski definition) is 3. The number of nitrogens with zero attached hydrogens (tertiary/aromatic N) is 3. The number of hydrogen-bond donors (Lipinski definition) is 1. The highest BCUT2D eigenvalue weighted by atomic mass is 35.5. The van der Waals surface area contributed by atoms with Crippen molar-refractivity contribution in [3.63, 3.8) is 0 Å². The van der Waals surface area contributed by atoms with Crippen molar-refractivity contribution in [3.05, 3.63) is 55.9 Å². The summed E-state index contributed by atoms with van der Waals surface area (Å²) in [6.45, 7) is 1.92. The Balaban J connectivity index is 1.62. The Bertz CT molecular complexity index is 1070. The molecule has 3 heterocycles. The van der Waals surface area contributed by atoms with Crippen molar-refractivity contribution in [2.45, 2.75) is 19.8 Å². The fourth-order valence-electron chi connectivity index (χ4n) is 2.57. The second kappa shape index (κ2) is 6.15. The van der Waals surface area contributed by atoms with Gasteiger partial charge in [0.15, 0.2) is 0 Å². The molecular weight excluding hydrogens is 387 g/mol. The average Bonchev–Trinajstić information content (AvgIpc) is 3.14. The summed E-state index contributed by atoms with van der Waals surface area (Å²) < 4.78 is 2.96. The number of halogens is 3. The molecule has 0 aliphatic heterocycles. The Morgan fingerprint density at radius 1 is 1.08 bits per heavy atom. The van der Waals surface area contributed by atoms with Crippen LogP contribution in [0.3, 0.4) is 0 Å². The Labute approximate surface area is 157 Å². The third kappa shape index (κ3) is 2.86. The molecule has 8 heteroatoms. The number of aromatic nitrogens is 4. The molecule has 122 valence electrons. The number of benzene rings is 1. The van der Waals surface area contributed by atoms with Crippen LogP contribution in [-0.4, -0.2) is 15.1 Å². The highest BCUT2D eigenvalue weighted by molar-refractivity contribution is 7.18. The molecule has 1 aromatic carbocycles. The molecule has 0 radical (unpaired) electrons. The molecule has 0 saturated heterocycles. The molecule has 0 atom stereocenters. The number of nitrogens with one attached hydrogen (secondary N) is 1. The fraction of sp³-hybridized carbons (Fsp3) is 0.188. The quantitative estimate of drug-likeness (QED) is 0.503. The summed E-state index contributed by atoms with van der Waals surface area (Å²) in [6, 6.07) is 7.49. The smallest absolute Gasteiger partial charge is 0.241 e. The molecular formula is C16H12Cl3N4S+. The minimum atomic E-state index is 0.530. The predicted molar refractivity (Wildman–Crippen MR) is 98.5 cm³/mol. The number of H-pyrrole nitrogens is 1. The van der Waals surface area contributed by atoms with Gasteiger partial charge in [-0.3, -0.25) is 0 Å². The molecule has 3 aromatic heterocycles. The molecule has 4 nitrogen and oxygen atoms in total. The van der Waals surface area contributed by atoms with Crippen LogP contribution in [0.25, 0.3) is 15.9 Å². The van der Waals surface area contributed by atoms with Gasteiger partial charge in [-0.05, 0) is 29.2 Å². The minimum Gasteiger partial charge on any atom is -0.241 e. The zero-order valence-electron chi connectivity index (χ0n) is 12.6. The molecule has 4 aromatic rings. The predicted octanol–water partition coefficient (Wildman–Crippen LogP) is 4.81. The van der Waals surface area contributed by atoms with Gasteiger partial charge in [-0.25, -0.2) is 4.98 Å². The maximum Gasteiger partial charge on any atom is 0.367 e. The SMILES string of the molecule is Cc1c(Cl)cc(Cl)c2nc(CCc3nc4cc(Cl)ccc4s3)[nH][n+]12. The van der Waals surface area contributed by atoms with Crippen molar-refractivity contribution in [2.75, 3.05) is 0 Å². The summed E-state index contributed by atoms with van der Waals surface area (Å²) in [5, 5.41) is 6.15. The Morgan fingerprint density at radius 2 is 1.92 bits per heavy atom. The van der Waals surface area contributed by atoms with E-state index in [0.717, 1.165) is 39.6 Å². The first-order chi connectivity index (χ1) is 11.5. The van der Waals surface area contributed by atoms with E-state index in [1.165, 1.54) is 0 Å². The van der Waals surface area contributed by atoms with Crippen LogP contribution in [-0.2, 0) is 12.8 Å². The van der Waals surface area contributed by atoms with Crippen LogP contribution >= 0.6 is 46.1 Å². The van der Waals surface area contributed by atoms with Crippen LogP contribution in [0.2, 0.25) is 15.1 Å². The van der Waals surface area contributed by atoms with Crippen LogP contribution in [0.15, 0.2) is 24.3 Å². The van der Waals surface area contributed by atoms with Crippen LogP contribution in [0.1, 0.15) is 16.5 Å². The molecule has 1 N–H and O–H groups in total. The van der Waals surface area contributed by atoms with Gasteiger partial charge in [0.2, 0.25) is 0 Å². The summed E-state index contributed by atoms with van der Waals surface area (Å²) in [6.07, 6.45) is 1.53. The third-order valence-electron chi connectivity index (χ3n) is 3.81. The maximum atomic E-state index is 6.22. The third-order valence-corrected chi connectivity index (χ3v) is 5.80. The number of fused-ring (bicyclic) bond motifs is 2. The lowest BCUT2D eigenvalue weighted by molar-refractivity contribution is -0.584. The van der Waals surface area contributed by atoms with E-state index in [-0.39, 0.29) is 0 Å². The molecule has 24 heavy (non-hydrogen) atoms. The highest BCUT2D eigenvalue weighted by Crippen LogP contribution is 2.26. The van der Waals surface area contributed by atoms with Gasteiger partial charge in [0.1, 0.15) is 10.7 Å². The van der Waals surface area contributed by atoms with E-state index >= 15 is 0 Å². The fourth-order valence-corrected chi connectivity index (χ4v) is 4.17. The highest BCUT2D eigenvalue weighted by Gasteiger charge is 2.20. The summed E-state index contributed by atoms with van der Waals surface area (Å²) in [4.78, 5) is 9.20. The summed E-state index contributed by atoms with van der Waals surface area (Å²) >= 11 is 20.1. The summed E-state index contributed by atoms with van der Waals surface area (Å²) in [5.41, 5.74) is 2.50. The van der Waals surface area contributed by atoms with Gasteiger partial charge >= 0.3 is 5.65 Å². The van der Waals surface area contributed by atoms with Gasteiger partial charge in [-0.15, -0.1) is 15.9 Å². The number of aryl methyl sites for hydroxylation is 3. The first-order valence-corrected chi connectivity index (χ1v) is 9.26. The zero-order valence-corrected chi connectivity index (χ0v) is 15.7. The van der Waals surface area contributed by atoms with Gasteiger partial charge in [0.25, 0.3) is 5.82 Å². The minimum absolute atomic E-state index is 0.530. The first-order valence-electron chi connectivity index (χ1n) is 7.31. The van der Waals surface area contributed by atoms with Crippen molar-refractivity contribution >= 4 is 62.0 Å². The Kier molecular flexibility index (Phi) is 4.12. The van der Waals surface area contributed by atoms with Crippen LogP contribution < -0.4 is 4.52 Å². The van der Waals surface area contributed by atoms with Crippen molar-refractivity contribution in [2.24, 2.45) is 0 Å². The van der Waals surface area contributed by atoms with E-state index in [2.05, 4.69) is 15.1 Å². The van der Waals surface area contributed by atoms with E-state index in [1.54, 1.807) is 17.4 Å². The maximum absolute atomic E-state index is 6.22. The van der Waals surface area contributed by atoms with E-state index in [0.29, 0.717) is 20.7 Å². The van der Waals surface area contributed by atoms with Crippen LogP contribution in [0.5, 0.6) is 0 Å². The summed E-state index contributed by atoms with van der Waals surface area (Å²) in [5.74, 6) is 0.847. The van der Waals surface area contributed by atoms with E-state index in [4.69, 9.17) is 34.8 Å². The lowest BCUT2D eigenvalue weighted by Crippen LogP contribution is -2.28. The standard InChI is InChI=1S/C16H11Cl3N4S/c1-8-10(18)7-11(19)16-21-14(22-23(8)16)4-5-15-20-12-6-9(17)2-3-13(12)24-15/h2-3,6-7H,4-5H2,1H3/p+1. The van der Waals surface area contributed by atoms with E-state index in [1.807, 2.05) is 29.6 Å². The van der Waals surface area contributed by atoms with Crippen molar-refractivity contribution in [1.82, 2.24) is 15.1 Å². The molecule has 4 rings (SSSR count). The topological polar surface area (TPSA) is 45.7 Å². The summed E-state index contributed by atoms with van der Waals surface area (Å²) in [7, 11) is 0. The van der Waals surface area contributed by atoms with Gasteiger partial charge in [0, 0.05) is 24.8 Å². The molecule has 0 saturated carbocycles. The van der Waals surface area contributed by atoms with Crippen molar-refractivity contribution in [3.8, 4) is 0 Å². The monoisotopic (exact) mass is 397 g/mol. The van der Waals surface area contributed by atoms with Gasteiger partial charge < -0.3 is 0 Å². The average molecular weight is 399 g/mol. The van der Waals surface area contributed by atoms with Gasteiger partial charge in [-0.2, -0.15) is 5.10 Å². The second-order valence-electron chi connectivity index (χ2n) is 5.47. The normalized spacial score (nSPS) is 11.7. The molecule has 0 spiro atoms. The Morgan fingerprint density at radius 3 is 2.75 bits per heavy atom. The molecule has 0 fully saturated rings. The number of aromatic amines is 1. The molecule has 0 aliphatic carbocycles. The zero-order chi connectivity index (χ0) is 16.8. The molecule has 0 amide bonds. The molecule has 0 unspecified atom stereocenters. The lowest BCUT2D eigenvalue weighted by Gasteiger charge is -1.95. The lowest BCUT2D eigenvalue weighted by atomic mass is 10.3. The van der Waals surface area contributed by atoms with Crippen LogP contribution in [0.4, 0.5) is 0 Å². The van der Waals surface area contributed by atoms with E-state index in [9.17, 15) is 0 Å². The molecule has 0 aliphatic rings. The van der Waals surface area contributed by atoms with Gasteiger partial charge in [0.05, 0.1) is 20.2 Å². The van der Waals surface area contributed by atoms with Crippen molar-refractivity contribution < 1.29 is 4.52 Å². The van der Waals surface area contributed by atoms with E-state index < -0.39 is 0 Å². The number of rotatable bonds is 3. The second-order valence-corrected chi connectivity index (χ2v) is 7.84. The number of thiazole rings is 1. The van der Waals surface area contributed by atoms with Gasteiger partial charge in [-0.1, -0.05) is 34.8 Å².